The van der Waals surface area contributed by atoms with Crippen LogP contribution in [-0.2, 0) is 13.2 Å². The summed E-state index contributed by atoms with van der Waals surface area (Å²) in [6, 6.07) is 7.41. The van der Waals surface area contributed by atoms with Crippen molar-refractivity contribution in [3.63, 3.8) is 0 Å². The summed E-state index contributed by atoms with van der Waals surface area (Å²) < 4.78 is 25.4. The van der Waals surface area contributed by atoms with Gasteiger partial charge in [0.25, 0.3) is 11.8 Å². The SMILES string of the molecule is COc1nccnc1N1CCn2nc(COc3ccc(F)cc3)cc2C1=O. The minimum absolute atomic E-state index is 0.174. The van der Waals surface area contributed by atoms with Crippen LogP contribution in [0.15, 0.2) is 42.7 Å². The van der Waals surface area contributed by atoms with Crippen molar-refractivity contribution in [3.05, 3.63) is 59.9 Å². The molecule has 0 saturated carbocycles. The second kappa shape index (κ2) is 7.02. The van der Waals surface area contributed by atoms with Gasteiger partial charge in [0.05, 0.1) is 13.7 Å². The van der Waals surface area contributed by atoms with Gasteiger partial charge in [-0.2, -0.15) is 5.10 Å². The average molecular weight is 369 g/mol. The first-order valence-corrected chi connectivity index (χ1v) is 8.27. The number of hydrogen-bond donors (Lipinski definition) is 0. The van der Waals surface area contributed by atoms with E-state index in [2.05, 4.69) is 15.1 Å². The Bertz CT molecular complexity index is 973. The number of carbonyl (C=O) groups excluding carboxylic acids is 1. The van der Waals surface area contributed by atoms with Crippen molar-refractivity contribution in [2.45, 2.75) is 13.2 Å². The first-order chi connectivity index (χ1) is 13.2. The third-order valence-electron chi connectivity index (χ3n) is 4.13. The van der Waals surface area contributed by atoms with Crippen LogP contribution < -0.4 is 14.4 Å². The molecule has 0 radical (unpaired) electrons. The summed E-state index contributed by atoms with van der Waals surface area (Å²) in [5.41, 5.74) is 1.04. The Kier molecular flexibility index (Phi) is 4.41. The average Bonchev–Trinajstić information content (AvgIpc) is 3.12. The number of rotatable bonds is 5. The van der Waals surface area contributed by atoms with Crippen LogP contribution in [-0.4, -0.2) is 39.3 Å². The van der Waals surface area contributed by atoms with E-state index in [0.29, 0.717) is 41.9 Å². The molecule has 27 heavy (non-hydrogen) atoms. The Balaban J connectivity index is 1.52. The van der Waals surface area contributed by atoms with Gasteiger partial charge in [-0.15, -0.1) is 0 Å². The lowest BCUT2D eigenvalue weighted by Crippen LogP contribution is -2.41. The van der Waals surface area contributed by atoms with E-state index in [1.807, 2.05) is 0 Å². The number of halogens is 1. The molecule has 138 valence electrons. The van der Waals surface area contributed by atoms with Crippen LogP contribution in [0.4, 0.5) is 10.2 Å². The predicted molar refractivity (Wildman–Crippen MR) is 93.2 cm³/mol. The third-order valence-corrected chi connectivity index (χ3v) is 4.13. The van der Waals surface area contributed by atoms with Crippen molar-refractivity contribution in [1.82, 2.24) is 19.7 Å². The zero-order chi connectivity index (χ0) is 18.8. The van der Waals surface area contributed by atoms with Gasteiger partial charge < -0.3 is 9.47 Å². The summed E-state index contributed by atoms with van der Waals surface area (Å²) in [6.45, 7) is 1.09. The molecule has 1 aliphatic rings. The molecule has 8 nitrogen and oxygen atoms in total. The van der Waals surface area contributed by atoms with Crippen LogP contribution in [0.25, 0.3) is 0 Å². The Labute approximate surface area is 154 Å². The number of anilines is 1. The molecule has 1 aliphatic heterocycles. The molecule has 0 N–H and O–H groups in total. The number of benzene rings is 1. The summed E-state index contributed by atoms with van der Waals surface area (Å²) in [5, 5.41) is 4.41. The van der Waals surface area contributed by atoms with Gasteiger partial charge in [-0.05, 0) is 30.3 Å². The fourth-order valence-corrected chi connectivity index (χ4v) is 2.86. The molecule has 3 aromatic rings. The molecular weight excluding hydrogens is 353 g/mol. The van der Waals surface area contributed by atoms with E-state index >= 15 is 0 Å². The summed E-state index contributed by atoms with van der Waals surface area (Å²) in [4.78, 5) is 22.7. The highest BCUT2D eigenvalue weighted by Crippen LogP contribution is 2.26. The van der Waals surface area contributed by atoms with Gasteiger partial charge in [0.15, 0.2) is 5.82 Å². The highest BCUT2D eigenvalue weighted by molar-refractivity contribution is 6.05. The Morgan fingerprint density at radius 1 is 1.15 bits per heavy atom. The topological polar surface area (TPSA) is 82.4 Å². The van der Waals surface area contributed by atoms with Gasteiger partial charge in [0, 0.05) is 18.9 Å². The monoisotopic (exact) mass is 369 g/mol. The fraction of sp³-hybridized carbons (Fsp3) is 0.222. The number of hydrogen-bond acceptors (Lipinski definition) is 6. The summed E-state index contributed by atoms with van der Waals surface area (Å²) >= 11 is 0. The predicted octanol–water partition coefficient (Wildman–Crippen LogP) is 2.06. The lowest BCUT2D eigenvalue weighted by atomic mass is 10.2. The van der Waals surface area contributed by atoms with Gasteiger partial charge in [-0.3, -0.25) is 14.4 Å². The summed E-state index contributed by atoms with van der Waals surface area (Å²) in [5.74, 6) is 0.630. The van der Waals surface area contributed by atoms with E-state index in [0.717, 1.165) is 0 Å². The minimum atomic E-state index is -0.329. The van der Waals surface area contributed by atoms with E-state index in [4.69, 9.17) is 9.47 Å². The standard InChI is InChI=1S/C18H16FN5O3/c1-26-17-16(20-6-7-21-17)23-8-9-24-15(18(23)25)10-13(22-24)11-27-14-4-2-12(19)3-5-14/h2-7,10H,8-9,11H2,1H3. The maximum absolute atomic E-state index is 12.9. The molecule has 0 bridgehead atoms. The zero-order valence-corrected chi connectivity index (χ0v) is 14.5. The van der Waals surface area contributed by atoms with Crippen LogP contribution in [0.5, 0.6) is 11.6 Å². The molecule has 0 atom stereocenters. The number of fused-ring (bicyclic) bond motifs is 1. The maximum Gasteiger partial charge on any atom is 0.277 e. The molecule has 3 heterocycles. The summed E-state index contributed by atoms with van der Waals surface area (Å²) in [7, 11) is 1.48. The molecule has 2 aromatic heterocycles. The van der Waals surface area contributed by atoms with Crippen molar-refractivity contribution in [2.24, 2.45) is 0 Å². The van der Waals surface area contributed by atoms with Crippen molar-refractivity contribution in [2.75, 3.05) is 18.6 Å². The van der Waals surface area contributed by atoms with Gasteiger partial charge >= 0.3 is 0 Å². The van der Waals surface area contributed by atoms with Gasteiger partial charge in [0.2, 0.25) is 0 Å². The number of amides is 1. The van der Waals surface area contributed by atoms with Crippen LogP contribution in [0.3, 0.4) is 0 Å². The van der Waals surface area contributed by atoms with E-state index in [9.17, 15) is 9.18 Å². The largest absolute Gasteiger partial charge is 0.487 e. The number of nitrogens with zero attached hydrogens (tertiary/aromatic N) is 5. The highest BCUT2D eigenvalue weighted by atomic mass is 19.1. The van der Waals surface area contributed by atoms with Crippen LogP contribution >= 0.6 is 0 Å². The lowest BCUT2D eigenvalue weighted by molar-refractivity contribution is 0.0960. The van der Waals surface area contributed by atoms with Crippen molar-refractivity contribution in [3.8, 4) is 11.6 Å². The molecule has 9 heteroatoms. The normalized spacial score (nSPS) is 13.4. The smallest absolute Gasteiger partial charge is 0.277 e. The van der Waals surface area contributed by atoms with E-state index < -0.39 is 0 Å². The van der Waals surface area contributed by atoms with Crippen LogP contribution in [0.1, 0.15) is 16.2 Å². The molecular formula is C18H16FN5O3. The Hall–Kier alpha value is -3.49. The number of methoxy groups -OCH3 is 1. The molecule has 0 unspecified atom stereocenters. The van der Waals surface area contributed by atoms with Gasteiger partial charge in [-0.25, -0.2) is 14.4 Å². The zero-order valence-electron chi connectivity index (χ0n) is 14.5. The molecule has 0 aliphatic carbocycles. The van der Waals surface area contributed by atoms with Crippen LogP contribution in [0, 0.1) is 5.82 Å². The second-order valence-corrected chi connectivity index (χ2v) is 5.83. The Morgan fingerprint density at radius 2 is 1.93 bits per heavy atom. The molecule has 4 rings (SSSR count). The molecule has 0 spiro atoms. The van der Waals surface area contributed by atoms with Crippen molar-refractivity contribution >= 4 is 11.7 Å². The van der Waals surface area contributed by atoms with Gasteiger partial charge in [0.1, 0.15) is 29.6 Å². The maximum atomic E-state index is 12.9. The van der Waals surface area contributed by atoms with Gasteiger partial charge in [-0.1, -0.05) is 0 Å². The number of ether oxygens (including phenoxy) is 2. The highest BCUT2D eigenvalue weighted by Gasteiger charge is 2.30. The first kappa shape index (κ1) is 17.0. The fourth-order valence-electron chi connectivity index (χ4n) is 2.86. The second-order valence-electron chi connectivity index (χ2n) is 5.83. The quantitative estimate of drug-likeness (QED) is 0.685. The van der Waals surface area contributed by atoms with Crippen molar-refractivity contribution in [1.29, 1.82) is 0 Å². The summed E-state index contributed by atoms with van der Waals surface area (Å²) in [6.07, 6.45) is 3.02. The van der Waals surface area contributed by atoms with E-state index in [-0.39, 0.29) is 18.3 Å². The van der Waals surface area contributed by atoms with Crippen LogP contribution in [0.2, 0.25) is 0 Å². The molecule has 1 aromatic carbocycles. The molecule has 0 saturated heterocycles. The van der Waals surface area contributed by atoms with E-state index in [1.165, 1.54) is 36.5 Å². The molecule has 0 fully saturated rings. The van der Waals surface area contributed by atoms with E-state index in [1.54, 1.807) is 22.9 Å². The number of aromatic nitrogens is 4. The van der Waals surface area contributed by atoms with Crippen molar-refractivity contribution < 1.29 is 18.7 Å². The minimum Gasteiger partial charge on any atom is -0.487 e. The first-order valence-electron chi connectivity index (χ1n) is 8.27. The Morgan fingerprint density at radius 3 is 2.70 bits per heavy atom. The number of carbonyl (C=O) groups is 1. The molecule has 1 amide bonds. The lowest BCUT2D eigenvalue weighted by Gasteiger charge is -2.26. The third kappa shape index (κ3) is 3.31.